The van der Waals surface area contributed by atoms with Crippen LogP contribution in [-0.2, 0) is 14.3 Å². The third-order valence-corrected chi connectivity index (χ3v) is 4.43. The van der Waals surface area contributed by atoms with Gasteiger partial charge in [-0.1, -0.05) is 29.8 Å². The molecule has 0 amide bonds. The number of allylic oxidation sites excluding steroid dienone is 2. The molecule has 3 rings (SSSR count). The van der Waals surface area contributed by atoms with Gasteiger partial charge in [0.2, 0.25) is 0 Å². The standard InChI is InChI=1S/C17H14O4S/c1-13-8-10-14(11-9-13)22(18,19)21-17-7-4-12-20-16-6-3-2-5-15(16)17/h2-12H,1H3. The molecule has 0 fully saturated rings. The lowest BCUT2D eigenvalue weighted by Crippen LogP contribution is -2.06. The summed E-state index contributed by atoms with van der Waals surface area (Å²) in [5, 5.41) is 0. The molecule has 2 aromatic rings. The second-order valence-corrected chi connectivity index (χ2v) is 6.37. The second-order valence-electron chi connectivity index (χ2n) is 4.82. The topological polar surface area (TPSA) is 52.6 Å². The van der Waals surface area contributed by atoms with Gasteiger partial charge < -0.3 is 8.92 Å². The maximum atomic E-state index is 12.4. The van der Waals surface area contributed by atoms with E-state index in [1.807, 2.05) is 13.0 Å². The Bertz CT molecular complexity index is 846. The van der Waals surface area contributed by atoms with E-state index in [2.05, 4.69) is 0 Å². The predicted octanol–water partition coefficient (Wildman–Crippen LogP) is 3.65. The minimum Gasteiger partial charge on any atom is -0.464 e. The number of hydrogen-bond donors (Lipinski definition) is 0. The Balaban J connectivity index is 1.97. The van der Waals surface area contributed by atoms with Crippen LogP contribution in [0.4, 0.5) is 0 Å². The highest BCUT2D eigenvalue weighted by molar-refractivity contribution is 7.87. The van der Waals surface area contributed by atoms with Crippen molar-refractivity contribution in [1.82, 2.24) is 0 Å². The van der Waals surface area contributed by atoms with Crippen molar-refractivity contribution in [3.63, 3.8) is 0 Å². The molecule has 22 heavy (non-hydrogen) atoms. The lowest BCUT2D eigenvalue weighted by atomic mass is 10.1. The molecule has 0 spiro atoms. The highest BCUT2D eigenvalue weighted by Gasteiger charge is 2.21. The number of rotatable bonds is 3. The fourth-order valence-electron chi connectivity index (χ4n) is 2.05. The fraction of sp³-hybridized carbons (Fsp3) is 0.0588. The summed E-state index contributed by atoms with van der Waals surface area (Å²) in [5.41, 5.74) is 1.57. The maximum absolute atomic E-state index is 12.4. The van der Waals surface area contributed by atoms with E-state index in [4.69, 9.17) is 8.92 Å². The van der Waals surface area contributed by atoms with Gasteiger partial charge in [0, 0.05) is 0 Å². The lowest BCUT2D eigenvalue weighted by Gasteiger charge is -2.12. The minimum atomic E-state index is -3.89. The molecule has 2 aromatic carbocycles. The van der Waals surface area contributed by atoms with E-state index < -0.39 is 10.1 Å². The molecular formula is C17H14O4S. The summed E-state index contributed by atoms with van der Waals surface area (Å²) in [6.07, 6.45) is 4.64. The number of benzene rings is 2. The predicted molar refractivity (Wildman–Crippen MR) is 83.6 cm³/mol. The first kappa shape index (κ1) is 14.4. The van der Waals surface area contributed by atoms with Crippen LogP contribution < -0.4 is 4.74 Å². The molecule has 0 atom stereocenters. The van der Waals surface area contributed by atoms with Crippen LogP contribution in [0.3, 0.4) is 0 Å². The van der Waals surface area contributed by atoms with Gasteiger partial charge in [0.05, 0.1) is 11.8 Å². The van der Waals surface area contributed by atoms with E-state index >= 15 is 0 Å². The van der Waals surface area contributed by atoms with Crippen LogP contribution in [0.1, 0.15) is 11.1 Å². The Morgan fingerprint density at radius 2 is 1.73 bits per heavy atom. The van der Waals surface area contributed by atoms with E-state index in [1.54, 1.807) is 42.5 Å². The van der Waals surface area contributed by atoms with Crippen LogP contribution in [0.5, 0.6) is 5.75 Å². The molecule has 5 heteroatoms. The average Bonchev–Trinajstić information content (AvgIpc) is 2.70. The van der Waals surface area contributed by atoms with Crippen molar-refractivity contribution in [2.75, 3.05) is 0 Å². The molecule has 1 heterocycles. The molecule has 1 aliphatic heterocycles. The van der Waals surface area contributed by atoms with Gasteiger partial charge in [-0.15, -0.1) is 0 Å². The van der Waals surface area contributed by atoms with E-state index in [1.165, 1.54) is 18.4 Å². The third kappa shape index (κ3) is 2.89. The molecule has 0 aliphatic carbocycles. The van der Waals surface area contributed by atoms with Gasteiger partial charge >= 0.3 is 10.1 Å². The van der Waals surface area contributed by atoms with Crippen molar-refractivity contribution >= 4 is 15.9 Å². The van der Waals surface area contributed by atoms with Gasteiger partial charge in [0.1, 0.15) is 10.6 Å². The summed E-state index contributed by atoms with van der Waals surface area (Å²) < 4.78 is 35.5. The zero-order chi connectivity index (χ0) is 15.6. The average molecular weight is 314 g/mol. The molecule has 0 saturated carbocycles. The SMILES string of the molecule is Cc1ccc(S(=O)(=O)OC2=CC=COc3ccccc32)cc1. The fourth-order valence-corrected chi connectivity index (χ4v) is 2.99. The second kappa shape index (κ2) is 5.69. The molecule has 0 saturated heterocycles. The largest absolute Gasteiger partial charge is 0.464 e. The quantitative estimate of drug-likeness (QED) is 0.812. The van der Waals surface area contributed by atoms with E-state index in [9.17, 15) is 8.42 Å². The summed E-state index contributed by atoms with van der Waals surface area (Å²) in [6, 6.07) is 13.6. The van der Waals surface area contributed by atoms with Crippen molar-refractivity contribution in [3.8, 4) is 5.75 Å². The molecule has 0 radical (unpaired) electrons. The third-order valence-electron chi connectivity index (χ3n) is 3.18. The first-order chi connectivity index (χ1) is 10.6. The maximum Gasteiger partial charge on any atom is 0.339 e. The van der Waals surface area contributed by atoms with Crippen LogP contribution in [-0.4, -0.2) is 8.42 Å². The Morgan fingerprint density at radius 1 is 1.00 bits per heavy atom. The molecule has 0 N–H and O–H groups in total. The molecule has 4 nitrogen and oxygen atoms in total. The molecule has 112 valence electrons. The summed E-state index contributed by atoms with van der Waals surface area (Å²) in [7, 11) is -3.89. The normalized spacial score (nSPS) is 13.6. The van der Waals surface area contributed by atoms with Crippen LogP contribution in [0.15, 0.2) is 71.8 Å². The van der Waals surface area contributed by atoms with Crippen LogP contribution in [0.2, 0.25) is 0 Å². The smallest absolute Gasteiger partial charge is 0.339 e. The molecule has 0 aromatic heterocycles. The van der Waals surface area contributed by atoms with Gasteiger partial charge in [0.15, 0.2) is 5.76 Å². The van der Waals surface area contributed by atoms with Crippen LogP contribution in [0.25, 0.3) is 5.76 Å². The van der Waals surface area contributed by atoms with Gasteiger partial charge in [0.25, 0.3) is 0 Å². The first-order valence-electron chi connectivity index (χ1n) is 6.70. The van der Waals surface area contributed by atoms with E-state index in [-0.39, 0.29) is 10.7 Å². The molecular weight excluding hydrogens is 300 g/mol. The van der Waals surface area contributed by atoms with Gasteiger partial charge in [-0.2, -0.15) is 8.42 Å². The zero-order valence-electron chi connectivity index (χ0n) is 11.9. The van der Waals surface area contributed by atoms with Crippen LogP contribution in [0, 0.1) is 6.92 Å². The molecule has 0 bridgehead atoms. The Kier molecular flexibility index (Phi) is 3.73. The number of fused-ring (bicyclic) bond motifs is 1. The van der Waals surface area contributed by atoms with E-state index in [0.717, 1.165) is 5.56 Å². The van der Waals surface area contributed by atoms with Crippen molar-refractivity contribution in [2.45, 2.75) is 11.8 Å². The first-order valence-corrected chi connectivity index (χ1v) is 8.11. The van der Waals surface area contributed by atoms with Crippen molar-refractivity contribution in [3.05, 3.63) is 78.1 Å². The zero-order valence-corrected chi connectivity index (χ0v) is 12.7. The highest BCUT2D eigenvalue weighted by Crippen LogP contribution is 2.31. The Hall–Kier alpha value is -2.53. The number of para-hydroxylation sites is 1. The van der Waals surface area contributed by atoms with Crippen molar-refractivity contribution in [1.29, 1.82) is 0 Å². The number of ether oxygens (including phenoxy) is 1. The summed E-state index contributed by atoms with van der Waals surface area (Å²) in [5.74, 6) is 0.770. The Labute approximate surface area is 129 Å². The monoisotopic (exact) mass is 314 g/mol. The van der Waals surface area contributed by atoms with Gasteiger partial charge in [-0.3, -0.25) is 0 Å². The lowest BCUT2D eigenvalue weighted by molar-refractivity contribution is 0.456. The van der Waals surface area contributed by atoms with E-state index in [0.29, 0.717) is 11.3 Å². The summed E-state index contributed by atoms with van der Waals surface area (Å²) in [6.45, 7) is 1.89. The van der Waals surface area contributed by atoms with Gasteiger partial charge in [-0.05, 0) is 43.3 Å². The Morgan fingerprint density at radius 3 is 2.50 bits per heavy atom. The van der Waals surface area contributed by atoms with Crippen molar-refractivity contribution < 1.29 is 17.3 Å². The summed E-state index contributed by atoms with van der Waals surface area (Å²) >= 11 is 0. The number of aryl methyl sites for hydroxylation is 1. The molecule has 0 unspecified atom stereocenters. The minimum absolute atomic E-state index is 0.116. The highest BCUT2D eigenvalue weighted by atomic mass is 32.2. The van der Waals surface area contributed by atoms with Crippen molar-refractivity contribution in [2.24, 2.45) is 0 Å². The van der Waals surface area contributed by atoms with Crippen LogP contribution >= 0.6 is 0 Å². The molecule has 1 aliphatic rings. The number of hydrogen-bond acceptors (Lipinski definition) is 4. The summed E-state index contributed by atoms with van der Waals surface area (Å²) in [4.78, 5) is 0.116. The van der Waals surface area contributed by atoms with Gasteiger partial charge in [-0.25, -0.2) is 0 Å².